The molecule has 1 fully saturated rings. The molecule has 1 unspecified atom stereocenters. The van der Waals surface area contributed by atoms with Gasteiger partial charge in [-0.15, -0.1) is 0 Å². The number of aryl methyl sites for hydroxylation is 1. The summed E-state index contributed by atoms with van der Waals surface area (Å²) in [5.41, 5.74) is 2.87. The van der Waals surface area contributed by atoms with Crippen LogP contribution in [0.25, 0.3) is 5.76 Å². The van der Waals surface area contributed by atoms with Crippen LogP contribution in [0.2, 0.25) is 0 Å². The van der Waals surface area contributed by atoms with Gasteiger partial charge < -0.3 is 24.2 Å². The van der Waals surface area contributed by atoms with Crippen LogP contribution < -0.4 is 14.2 Å². The molecule has 1 saturated heterocycles. The summed E-state index contributed by atoms with van der Waals surface area (Å²) in [6.45, 7) is 4.44. The van der Waals surface area contributed by atoms with E-state index in [1.807, 2.05) is 44.2 Å². The third kappa shape index (κ3) is 5.16. The first kappa shape index (κ1) is 25.8. The second kappa shape index (κ2) is 11.2. The number of hydrogen-bond acceptors (Lipinski definition) is 6. The van der Waals surface area contributed by atoms with Gasteiger partial charge in [-0.05, 0) is 60.4 Å². The number of benzene rings is 3. The van der Waals surface area contributed by atoms with Crippen LogP contribution in [0.3, 0.4) is 0 Å². The smallest absolute Gasteiger partial charge is 0.295 e. The van der Waals surface area contributed by atoms with Crippen LogP contribution in [0.4, 0.5) is 0 Å². The number of rotatable bonds is 9. The van der Waals surface area contributed by atoms with Crippen LogP contribution in [0.5, 0.6) is 17.2 Å². The first-order valence-corrected chi connectivity index (χ1v) is 12.2. The lowest BCUT2D eigenvalue weighted by molar-refractivity contribution is -0.139. The quantitative estimate of drug-likeness (QED) is 0.239. The van der Waals surface area contributed by atoms with Gasteiger partial charge >= 0.3 is 0 Å². The van der Waals surface area contributed by atoms with Crippen molar-refractivity contribution in [1.82, 2.24) is 4.90 Å². The average Bonchev–Trinajstić information content (AvgIpc) is 3.17. The number of aliphatic hydroxyl groups excluding tert-OH is 1. The van der Waals surface area contributed by atoms with Crippen molar-refractivity contribution in [1.29, 1.82) is 0 Å². The largest absolute Gasteiger partial charge is 0.507 e. The molecule has 37 heavy (non-hydrogen) atoms. The van der Waals surface area contributed by atoms with E-state index in [9.17, 15) is 14.7 Å². The van der Waals surface area contributed by atoms with Gasteiger partial charge in [0.1, 0.15) is 18.1 Å². The van der Waals surface area contributed by atoms with Crippen molar-refractivity contribution >= 4 is 17.4 Å². The second-order valence-electron chi connectivity index (χ2n) is 8.86. The van der Waals surface area contributed by atoms with E-state index in [0.717, 1.165) is 11.1 Å². The highest BCUT2D eigenvalue weighted by Gasteiger charge is 2.46. The summed E-state index contributed by atoms with van der Waals surface area (Å²) in [5, 5.41) is 11.4. The molecule has 1 aliphatic rings. The molecule has 4 rings (SSSR count). The fourth-order valence-corrected chi connectivity index (χ4v) is 4.58. The Morgan fingerprint density at radius 1 is 0.946 bits per heavy atom. The topological polar surface area (TPSA) is 85.3 Å². The summed E-state index contributed by atoms with van der Waals surface area (Å²) in [5.74, 6) is 0.0673. The molecule has 7 heteroatoms. The SMILES string of the molecule is CCCN1C(=O)C(=O)/C(=C(/O)c2ccc(OC)cc2C)C1c1ccc(OC)c(OCc2ccccc2)c1. The minimum Gasteiger partial charge on any atom is -0.507 e. The van der Waals surface area contributed by atoms with E-state index in [1.165, 1.54) is 4.90 Å². The van der Waals surface area contributed by atoms with Crippen molar-refractivity contribution in [3.05, 3.63) is 94.6 Å². The Hall–Kier alpha value is -4.26. The second-order valence-corrected chi connectivity index (χ2v) is 8.86. The van der Waals surface area contributed by atoms with E-state index in [0.29, 0.717) is 47.9 Å². The van der Waals surface area contributed by atoms with Crippen LogP contribution in [-0.4, -0.2) is 42.5 Å². The van der Waals surface area contributed by atoms with Crippen LogP contribution in [0.15, 0.2) is 72.3 Å². The van der Waals surface area contributed by atoms with Crippen molar-refractivity contribution in [2.45, 2.75) is 32.9 Å². The van der Waals surface area contributed by atoms with Gasteiger partial charge in [-0.1, -0.05) is 43.3 Å². The highest BCUT2D eigenvalue weighted by atomic mass is 16.5. The third-order valence-electron chi connectivity index (χ3n) is 6.43. The first-order chi connectivity index (χ1) is 17.9. The van der Waals surface area contributed by atoms with Crippen molar-refractivity contribution < 1.29 is 28.9 Å². The normalized spacial score (nSPS) is 16.6. The number of ketones is 1. The van der Waals surface area contributed by atoms with Crippen LogP contribution >= 0.6 is 0 Å². The van der Waals surface area contributed by atoms with Crippen molar-refractivity contribution in [2.75, 3.05) is 20.8 Å². The molecule has 1 N–H and O–H groups in total. The summed E-state index contributed by atoms with van der Waals surface area (Å²) in [6, 6.07) is 19.5. The Balaban J connectivity index is 1.81. The van der Waals surface area contributed by atoms with E-state index < -0.39 is 17.7 Å². The summed E-state index contributed by atoms with van der Waals surface area (Å²) in [6.07, 6.45) is 0.651. The van der Waals surface area contributed by atoms with Crippen LogP contribution in [0.1, 0.15) is 41.6 Å². The zero-order chi connectivity index (χ0) is 26.5. The maximum absolute atomic E-state index is 13.3. The van der Waals surface area contributed by atoms with Gasteiger partial charge in [0.15, 0.2) is 11.5 Å². The van der Waals surface area contributed by atoms with Gasteiger partial charge in [0, 0.05) is 12.1 Å². The Morgan fingerprint density at radius 2 is 1.70 bits per heavy atom. The van der Waals surface area contributed by atoms with E-state index in [4.69, 9.17) is 14.2 Å². The van der Waals surface area contributed by atoms with Crippen LogP contribution in [0, 0.1) is 6.92 Å². The molecule has 7 nitrogen and oxygen atoms in total. The molecule has 0 spiro atoms. The molecule has 0 bridgehead atoms. The standard InChI is InChI=1S/C30H31NO6/c1-5-15-31-27(21-11-14-24(36-4)25(17-21)37-18-20-9-7-6-8-10-20)26(29(33)30(31)34)28(32)23-13-12-22(35-3)16-19(23)2/h6-14,16-17,27,32H,5,15,18H2,1-4H3/b28-26+. The van der Waals surface area contributed by atoms with E-state index in [1.54, 1.807) is 50.6 Å². The molecule has 1 atom stereocenters. The third-order valence-corrected chi connectivity index (χ3v) is 6.43. The predicted octanol–water partition coefficient (Wildman–Crippen LogP) is 5.42. The number of amides is 1. The van der Waals surface area contributed by atoms with E-state index in [-0.39, 0.29) is 11.3 Å². The number of carbonyl (C=O) groups excluding carboxylic acids is 2. The molecular formula is C30H31NO6. The molecule has 0 saturated carbocycles. The Kier molecular flexibility index (Phi) is 7.82. The van der Waals surface area contributed by atoms with Crippen LogP contribution in [-0.2, 0) is 16.2 Å². The Labute approximate surface area is 216 Å². The summed E-state index contributed by atoms with van der Waals surface area (Å²) >= 11 is 0. The van der Waals surface area contributed by atoms with Gasteiger partial charge in [-0.2, -0.15) is 0 Å². The number of ether oxygens (including phenoxy) is 3. The molecule has 1 amide bonds. The predicted molar refractivity (Wildman–Crippen MR) is 141 cm³/mol. The number of Topliss-reactive ketones (excluding diaryl/α,β-unsaturated/α-hetero) is 1. The molecule has 1 heterocycles. The molecule has 3 aromatic carbocycles. The van der Waals surface area contributed by atoms with Crippen molar-refractivity contribution in [3.63, 3.8) is 0 Å². The zero-order valence-corrected chi connectivity index (χ0v) is 21.5. The van der Waals surface area contributed by atoms with Gasteiger partial charge in [-0.25, -0.2) is 0 Å². The minimum absolute atomic E-state index is 0.0471. The fourth-order valence-electron chi connectivity index (χ4n) is 4.58. The number of hydrogen-bond donors (Lipinski definition) is 1. The number of likely N-dealkylation sites (tertiary alicyclic amines) is 1. The molecule has 1 aliphatic heterocycles. The molecular weight excluding hydrogens is 470 g/mol. The molecule has 192 valence electrons. The van der Waals surface area contributed by atoms with Crippen molar-refractivity contribution in [3.8, 4) is 17.2 Å². The van der Waals surface area contributed by atoms with Gasteiger partial charge in [-0.3, -0.25) is 9.59 Å². The lowest BCUT2D eigenvalue weighted by Gasteiger charge is -2.26. The molecule has 3 aromatic rings. The fraction of sp³-hybridized carbons (Fsp3) is 0.267. The van der Waals surface area contributed by atoms with E-state index in [2.05, 4.69) is 0 Å². The molecule has 0 aromatic heterocycles. The molecule has 0 radical (unpaired) electrons. The lowest BCUT2D eigenvalue weighted by Crippen LogP contribution is -2.30. The maximum Gasteiger partial charge on any atom is 0.295 e. The Morgan fingerprint density at radius 3 is 2.35 bits per heavy atom. The minimum atomic E-state index is -0.772. The first-order valence-electron chi connectivity index (χ1n) is 12.2. The highest BCUT2D eigenvalue weighted by Crippen LogP contribution is 2.42. The van der Waals surface area contributed by atoms with E-state index >= 15 is 0 Å². The number of aliphatic hydroxyl groups is 1. The number of carbonyl (C=O) groups is 2. The van der Waals surface area contributed by atoms with Gasteiger partial charge in [0.25, 0.3) is 11.7 Å². The average molecular weight is 502 g/mol. The zero-order valence-electron chi connectivity index (χ0n) is 21.5. The van der Waals surface area contributed by atoms with Crippen molar-refractivity contribution in [2.24, 2.45) is 0 Å². The number of methoxy groups -OCH3 is 2. The number of nitrogens with zero attached hydrogens (tertiary/aromatic N) is 1. The summed E-state index contributed by atoms with van der Waals surface area (Å²) in [4.78, 5) is 27.8. The summed E-state index contributed by atoms with van der Waals surface area (Å²) < 4.78 is 16.9. The Bertz CT molecular complexity index is 1330. The highest BCUT2D eigenvalue weighted by molar-refractivity contribution is 6.46. The van der Waals surface area contributed by atoms with Gasteiger partial charge in [0.2, 0.25) is 0 Å². The maximum atomic E-state index is 13.3. The summed E-state index contributed by atoms with van der Waals surface area (Å²) in [7, 11) is 3.12. The lowest BCUT2D eigenvalue weighted by atomic mass is 9.93. The monoisotopic (exact) mass is 501 g/mol. The van der Waals surface area contributed by atoms with Gasteiger partial charge in [0.05, 0.1) is 25.8 Å². The molecule has 0 aliphatic carbocycles.